The third-order valence-electron chi connectivity index (χ3n) is 10.5. The summed E-state index contributed by atoms with van der Waals surface area (Å²) >= 11 is 7.87. The van der Waals surface area contributed by atoms with Gasteiger partial charge in [-0.05, 0) is 62.9 Å². The van der Waals surface area contributed by atoms with Gasteiger partial charge in [-0.3, -0.25) is 14.4 Å². The van der Waals surface area contributed by atoms with Crippen molar-refractivity contribution in [2.75, 3.05) is 51.0 Å². The van der Waals surface area contributed by atoms with E-state index in [9.17, 15) is 14.4 Å². The fraction of sp³-hybridized carbons (Fsp3) is 0.378. The summed E-state index contributed by atoms with van der Waals surface area (Å²) in [6, 6.07) is 8.09. The standard InChI is InChI=1S/C37H36ClF2N9O2S/c1-4-20-15-37(9-5-11-48(37)17-20)19-51-36-43-31-23(34(44-36)47-10-6-12-49-21(18-47)13-27(45-49)35(50)46(2)3)14-25(38)29(30(31)40)22-7-8-26(39)32-28(22)24(16-41)33(42)52-32/h4,7-8,13-14H,5-6,9-12,15,17-19,42H2,1-3H3/b20-4-/t37-/m0/s1. The zero-order chi connectivity index (χ0) is 36.5. The Morgan fingerprint density at radius 3 is 2.79 bits per heavy atom. The molecule has 52 heavy (non-hydrogen) atoms. The Labute approximate surface area is 307 Å². The SMILES string of the molecule is C/C=C1\CN2CCC[C@@]2(COc2nc(N3CCCn4nc(C(=O)N(C)C)cc4C3)c3cc(Cl)c(-c4ccc(F)c5sc(N)c(C#N)c45)c(F)c3n2)C1. The van der Waals surface area contributed by atoms with Gasteiger partial charge in [-0.15, -0.1) is 11.3 Å². The van der Waals surface area contributed by atoms with E-state index in [-0.39, 0.29) is 59.8 Å². The first-order chi connectivity index (χ1) is 25.0. The number of carbonyl (C=O) groups is 1. The maximum Gasteiger partial charge on any atom is 0.319 e. The van der Waals surface area contributed by atoms with Crippen molar-refractivity contribution < 1.29 is 18.3 Å². The van der Waals surface area contributed by atoms with Crippen LogP contribution in [0.25, 0.3) is 32.1 Å². The number of allylic oxidation sites excluding steroid dienone is 1. The highest BCUT2D eigenvalue weighted by atomic mass is 35.5. The summed E-state index contributed by atoms with van der Waals surface area (Å²) in [6.45, 7) is 5.72. The Bertz CT molecular complexity index is 2370. The molecule has 11 nitrogen and oxygen atoms in total. The van der Waals surface area contributed by atoms with Crippen molar-refractivity contribution in [1.82, 2.24) is 29.5 Å². The molecular formula is C37H36ClF2N9O2S. The number of rotatable bonds is 6. The first-order valence-corrected chi connectivity index (χ1v) is 18.4. The van der Waals surface area contributed by atoms with Crippen molar-refractivity contribution in [3.05, 3.63) is 69.5 Å². The molecule has 268 valence electrons. The van der Waals surface area contributed by atoms with Crippen LogP contribution in [0, 0.1) is 23.0 Å². The lowest BCUT2D eigenvalue weighted by Crippen LogP contribution is -2.43. The van der Waals surface area contributed by atoms with Gasteiger partial charge in [0, 0.05) is 50.1 Å². The first kappa shape index (κ1) is 34.3. The number of halogens is 3. The quantitative estimate of drug-likeness (QED) is 0.187. The fourth-order valence-electron chi connectivity index (χ4n) is 7.97. The smallest absolute Gasteiger partial charge is 0.319 e. The Kier molecular flexibility index (Phi) is 8.55. The van der Waals surface area contributed by atoms with Crippen LogP contribution in [0.3, 0.4) is 0 Å². The monoisotopic (exact) mass is 743 g/mol. The average Bonchev–Trinajstić information content (AvgIpc) is 3.86. The second-order valence-corrected chi connectivity index (χ2v) is 15.4. The van der Waals surface area contributed by atoms with E-state index >= 15 is 4.39 Å². The van der Waals surface area contributed by atoms with Crippen molar-refractivity contribution >= 4 is 60.7 Å². The predicted octanol–water partition coefficient (Wildman–Crippen LogP) is 6.77. The summed E-state index contributed by atoms with van der Waals surface area (Å²) < 4.78 is 40.6. The molecule has 8 rings (SSSR count). The van der Waals surface area contributed by atoms with Crippen LogP contribution < -0.4 is 15.4 Å². The molecule has 2 saturated heterocycles. The minimum Gasteiger partial charge on any atom is -0.461 e. The first-order valence-electron chi connectivity index (χ1n) is 17.2. The van der Waals surface area contributed by atoms with Crippen molar-refractivity contribution in [2.45, 2.75) is 51.2 Å². The van der Waals surface area contributed by atoms with Crippen LogP contribution in [-0.4, -0.2) is 81.3 Å². The summed E-state index contributed by atoms with van der Waals surface area (Å²) in [5.41, 5.74) is 8.66. The number of fused-ring (bicyclic) bond motifs is 4. The van der Waals surface area contributed by atoms with Gasteiger partial charge in [0.05, 0.1) is 33.1 Å². The Hall–Kier alpha value is -4.84. The normalized spacial score (nSPS) is 19.6. The lowest BCUT2D eigenvalue weighted by molar-refractivity contribution is 0.0821. The molecule has 1 atom stereocenters. The molecule has 3 aliphatic heterocycles. The lowest BCUT2D eigenvalue weighted by Gasteiger charge is -2.31. The van der Waals surface area contributed by atoms with Gasteiger partial charge in [0.15, 0.2) is 11.5 Å². The van der Waals surface area contributed by atoms with Crippen molar-refractivity contribution in [2.24, 2.45) is 0 Å². The van der Waals surface area contributed by atoms with Gasteiger partial charge in [-0.25, -0.2) is 8.78 Å². The van der Waals surface area contributed by atoms with E-state index in [0.29, 0.717) is 49.6 Å². The van der Waals surface area contributed by atoms with Crippen LogP contribution >= 0.6 is 22.9 Å². The number of nitrogens with zero attached hydrogens (tertiary/aromatic N) is 8. The molecule has 15 heteroatoms. The fourth-order valence-corrected chi connectivity index (χ4v) is 9.21. The van der Waals surface area contributed by atoms with Crippen LogP contribution in [-0.2, 0) is 13.1 Å². The maximum atomic E-state index is 17.2. The minimum absolute atomic E-state index is 0.0211. The maximum absolute atomic E-state index is 17.2. The highest BCUT2D eigenvalue weighted by Gasteiger charge is 2.47. The van der Waals surface area contributed by atoms with Crippen LogP contribution in [0.4, 0.5) is 19.6 Å². The highest BCUT2D eigenvalue weighted by Crippen LogP contribution is 2.46. The number of amides is 1. The molecular weight excluding hydrogens is 708 g/mol. The van der Waals surface area contributed by atoms with Crippen LogP contribution in [0.5, 0.6) is 6.01 Å². The van der Waals surface area contributed by atoms with E-state index in [0.717, 1.165) is 49.4 Å². The van der Waals surface area contributed by atoms with Gasteiger partial charge in [0.25, 0.3) is 5.91 Å². The number of nitrogens with two attached hydrogens (primary N) is 1. The molecule has 1 amide bonds. The third-order valence-corrected chi connectivity index (χ3v) is 11.9. The molecule has 0 spiro atoms. The molecule has 0 saturated carbocycles. The van der Waals surface area contributed by atoms with E-state index in [1.165, 1.54) is 22.6 Å². The molecule has 0 unspecified atom stereocenters. The molecule has 3 aromatic heterocycles. The zero-order valence-corrected chi connectivity index (χ0v) is 30.5. The molecule has 6 heterocycles. The number of hydrogen-bond acceptors (Lipinski definition) is 10. The Morgan fingerprint density at radius 2 is 2.02 bits per heavy atom. The van der Waals surface area contributed by atoms with Gasteiger partial charge in [0.2, 0.25) is 0 Å². The number of nitrogen functional groups attached to an aromatic ring is 1. The Morgan fingerprint density at radius 1 is 1.19 bits per heavy atom. The topological polar surface area (TPSA) is 129 Å². The number of ether oxygens (including phenoxy) is 1. The number of benzene rings is 2. The highest BCUT2D eigenvalue weighted by molar-refractivity contribution is 7.23. The number of hydrogen-bond donors (Lipinski definition) is 1. The minimum atomic E-state index is -0.756. The van der Waals surface area contributed by atoms with Gasteiger partial charge in [0.1, 0.15) is 34.8 Å². The molecule has 2 aromatic carbocycles. The largest absolute Gasteiger partial charge is 0.461 e. The zero-order valence-electron chi connectivity index (χ0n) is 29.0. The van der Waals surface area contributed by atoms with Crippen LogP contribution in [0.2, 0.25) is 5.02 Å². The molecule has 0 radical (unpaired) electrons. The van der Waals surface area contributed by atoms with Crippen molar-refractivity contribution in [1.29, 1.82) is 5.26 Å². The molecule has 0 aliphatic carbocycles. The van der Waals surface area contributed by atoms with Gasteiger partial charge in [-0.1, -0.05) is 29.3 Å². The Balaban J connectivity index is 1.28. The van der Waals surface area contributed by atoms with E-state index in [1.54, 1.807) is 26.2 Å². The van der Waals surface area contributed by atoms with Gasteiger partial charge in [-0.2, -0.15) is 20.3 Å². The van der Waals surface area contributed by atoms with Crippen molar-refractivity contribution in [3.8, 4) is 23.2 Å². The van der Waals surface area contributed by atoms with Crippen LogP contribution in [0.15, 0.2) is 35.9 Å². The molecule has 0 bridgehead atoms. The summed E-state index contributed by atoms with van der Waals surface area (Å²) in [5.74, 6) is -1.11. The number of anilines is 2. The summed E-state index contributed by atoms with van der Waals surface area (Å²) in [6.07, 6.45) is 5.75. The third kappa shape index (κ3) is 5.53. The van der Waals surface area contributed by atoms with Gasteiger partial charge < -0.3 is 20.3 Å². The van der Waals surface area contributed by atoms with Crippen LogP contribution in [0.1, 0.15) is 54.4 Å². The molecule has 5 aromatic rings. The molecule has 3 aliphatic rings. The number of thiophene rings is 1. The summed E-state index contributed by atoms with van der Waals surface area (Å²) in [4.78, 5) is 28.3. The second-order valence-electron chi connectivity index (χ2n) is 13.9. The van der Waals surface area contributed by atoms with E-state index in [1.807, 2.05) is 9.58 Å². The van der Waals surface area contributed by atoms with E-state index in [2.05, 4.69) is 34.1 Å². The van der Waals surface area contributed by atoms with Crippen molar-refractivity contribution in [3.63, 3.8) is 0 Å². The number of carbonyl (C=O) groups excluding carboxylic acids is 1. The van der Waals surface area contributed by atoms with E-state index < -0.39 is 11.6 Å². The number of aryl methyl sites for hydroxylation is 1. The molecule has 2 fully saturated rings. The lowest BCUT2D eigenvalue weighted by atomic mass is 9.93. The number of aromatic nitrogens is 4. The average molecular weight is 744 g/mol. The summed E-state index contributed by atoms with van der Waals surface area (Å²) in [5, 5.41) is 15.2. The summed E-state index contributed by atoms with van der Waals surface area (Å²) in [7, 11) is 3.36. The molecule has 2 N–H and O–H groups in total. The number of nitriles is 1. The second kappa shape index (κ2) is 13.0. The predicted molar refractivity (Wildman–Crippen MR) is 198 cm³/mol. The van der Waals surface area contributed by atoms with Gasteiger partial charge >= 0.3 is 6.01 Å². The van der Waals surface area contributed by atoms with E-state index in [4.69, 9.17) is 27.1 Å².